The van der Waals surface area contributed by atoms with Crippen molar-refractivity contribution < 1.29 is 4.79 Å². The van der Waals surface area contributed by atoms with Gasteiger partial charge in [0, 0.05) is 5.56 Å². The number of ketones is 1. The molecule has 0 aliphatic rings. The molecule has 0 fully saturated rings. The predicted molar refractivity (Wildman–Crippen MR) is 45.4 cm³/mol. The Labute approximate surface area is 70.9 Å². The Bertz CT molecular complexity index is 282. The first-order valence-corrected chi connectivity index (χ1v) is 3.71. The van der Waals surface area contributed by atoms with Crippen LogP contribution in [-0.2, 0) is 0 Å². The summed E-state index contributed by atoms with van der Waals surface area (Å²) in [7, 11) is 0. The van der Waals surface area contributed by atoms with Crippen molar-refractivity contribution in [2.24, 2.45) is 5.11 Å². The van der Waals surface area contributed by atoms with Crippen molar-refractivity contribution in [1.29, 1.82) is 5.53 Å². The summed E-state index contributed by atoms with van der Waals surface area (Å²) in [5, 5.41) is 3.17. The molecule has 62 valence electrons. The molecule has 1 aromatic carbocycles. The highest BCUT2D eigenvalue weighted by molar-refractivity contribution is 5.99. The minimum Gasteiger partial charge on any atom is -0.292 e. The van der Waals surface area contributed by atoms with E-state index in [1.807, 2.05) is 6.07 Å². The van der Waals surface area contributed by atoms with Crippen molar-refractivity contribution >= 4 is 5.78 Å². The fourth-order valence-corrected chi connectivity index (χ4v) is 0.902. The number of benzene rings is 1. The molecule has 0 radical (unpaired) electrons. The maximum Gasteiger partial charge on any atom is 0.188 e. The molecule has 0 saturated heterocycles. The maximum atomic E-state index is 11.4. The number of nitrogens with zero attached hydrogens (tertiary/aromatic N) is 1. The second-order valence-electron chi connectivity index (χ2n) is 2.54. The minimum absolute atomic E-state index is 0.106. The third-order valence-electron chi connectivity index (χ3n) is 1.63. The van der Waals surface area contributed by atoms with E-state index in [-0.39, 0.29) is 5.78 Å². The Balaban J connectivity index is 2.85. The van der Waals surface area contributed by atoms with Gasteiger partial charge in [0.15, 0.2) is 5.78 Å². The Morgan fingerprint density at radius 2 is 2.00 bits per heavy atom. The van der Waals surface area contributed by atoms with Gasteiger partial charge in [0.2, 0.25) is 0 Å². The molecule has 0 aliphatic carbocycles. The summed E-state index contributed by atoms with van der Waals surface area (Å²) in [6.45, 7) is 1.61. The summed E-state index contributed by atoms with van der Waals surface area (Å²) in [5.74, 6) is -0.106. The van der Waals surface area contributed by atoms with E-state index in [4.69, 9.17) is 5.53 Å². The summed E-state index contributed by atoms with van der Waals surface area (Å²) in [5.41, 5.74) is 7.30. The molecule has 0 saturated carbocycles. The van der Waals surface area contributed by atoms with Crippen molar-refractivity contribution in [3.8, 4) is 0 Å². The highest BCUT2D eigenvalue weighted by atomic mass is 16.1. The Kier molecular flexibility index (Phi) is 2.69. The van der Waals surface area contributed by atoms with E-state index >= 15 is 0 Å². The van der Waals surface area contributed by atoms with Gasteiger partial charge in [-0.05, 0) is 6.92 Å². The molecule has 1 N–H and O–H groups in total. The van der Waals surface area contributed by atoms with Crippen LogP contribution in [0.1, 0.15) is 17.3 Å². The van der Waals surface area contributed by atoms with Crippen LogP contribution in [0.5, 0.6) is 0 Å². The van der Waals surface area contributed by atoms with Crippen LogP contribution < -0.4 is 0 Å². The van der Waals surface area contributed by atoms with Gasteiger partial charge < -0.3 is 0 Å². The molecule has 0 heterocycles. The van der Waals surface area contributed by atoms with E-state index in [2.05, 4.69) is 5.11 Å². The molecular formula is C9H10N2O. The van der Waals surface area contributed by atoms with Crippen LogP contribution in [0.4, 0.5) is 0 Å². The summed E-state index contributed by atoms with van der Waals surface area (Å²) in [4.78, 5) is 11.4. The van der Waals surface area contributed by atoms with Gasteiger partial charge in [-0.3, -0.25) is 4.79 Å². The lowest BCUT2D eigenvalue weighted by Crippen LogP contribution is -2.13. The second kappa shape index (κ2) is 3.76. The SMILES string of the molecule is CC(N=N)C(=O)c1ccccc1. The zero-order valence-electron chi connectivity index (χ0n) is 6.82. The second-order valence-corrected chi connectivity index (χ2v) is 2.54. The number of hydrogen-bond acceptors (Lipinski definition) is 3. The van der Waals surface area contributed by atoms with Crippen molar-refractivity contribution in [2.45, 2.75) is 13.0 Å². The fourth-order valence-electron chi connectivity index (χ4n) is 0.902. The third-order valence-corrected chi connectivity index (χ3v) is 1.63. The molecule has 3 heteroatoms. The van der Waals surface area contributed by atoms with Gasteiger partial charge in [-0.2, -0.15) is 5.11 Å². The van der Waals surface area contributed by atoms with Crippen LogP contribution in [0.2, 0.25) is 0 Å². The molecule has 1 rings (SSSR count). The number of carbonyl (C=O) groups excluding carboxylic acids is 1. The number of Topliss-reactive ketones (excluding diaryl/α,β-unsaturated/α-hetero) is 1. The molecule has 0 aliphatic heterocycles. The first-order chi connectivity index (χ1) is 5.75. The monoisotopic (exact) mass is 162 g/mol. The van der Waals surface area contributed by atoms with Gasteiger partial charge in [0.1, 0.15) is 6.04 Å². The standard InChI is InChI=1S/C9H10N2O/c1-7(11-10)9(12)8-5-3-2-4-6-8/h2-7,10H,1H3. The van der Waals surface area contributed by atoms with Gasteiger partial charge in [-0.25, -0.2) is 5.53 Å². The number of carbonyl (C=O) groups is 1. The number of rotatable bonds is 3. The quantitative estimate of drug-likeness (QED) is 0.538. The molecule has 0 amide bonds. The molecule has 0 spiro atoms. The Hall–Kier alpha value is -1.51. The highest BCUT2D eigenvalue weighted by Crippen LogP contribution is 2.04. The van der Waals surface area contributed by atoms with E-state index in [0.717, 1.165) is 0 Å². The van der Waals surface area contributed by atoms with Crippen LogP contribution in [0.3, 0.4) is 0 Å². The van der Waals surface area contributed by atoms with E-state index in [1.165, 1.54) is 0 Å². The van der Waals surface area contributed by atoms with Gasteiger partial charge in [-0.1, -0.05) is 30.3 Å². The Morgan fingerprint density at radius 3 is 2.50 bits per heavy atom. The largest absolute Gasteiger partial charge is 0.292 e. The van der Waals surface area contributed by atoms with Crippen LogP contribution >= 0.6 is 0 Å². The minimum atomic E-state index is -0.563. The van der Waals surface area contributed by atoms with E-state index < -0.39 is 6.04 Å². The van der Waals surface area contributed by atoms with Gasteiger partial charge in [-0.15, -0.1) is 0 Å². The smallest absolute Gasteiger partial charge is 0.188 e. The van der Waals surface area contributed by atoms with Crippen molar-refractivity contribution in [3.05, 3.63) is 35.9 Å². The lowest BCUT2D eigenvalue weighted by atomic mass is 10.1. The summed E-state index contributed by atoms with van der Waals surface area (Å²) in [6.07, 6.45) is 0. The van der Waals surface area contributed by atoms with E-state index in [1.54, 1.807) is 31.2 Å². The average Bonchev–Trinajstić information content (AvgIpc) is 2.17. The number of nitrogens with one attached hydrogen (secondary N) is 1. The fraction of sp³-hybridized carbons (Fsp3) is 0.222. The first kappa shape index (κ1) is 8.59. The van der Waals surface area contributed by atoms with E-state index in [0.29, 0.717) is 5.56 Å². The predicted octanol–water partition coefficient (Wildman–Crippen LogP) is 2.29. The van der Waals surface area contributed by atoms with Crippen LogP contribution in [0.25, 0.3) is 0 Å². The summed E-state index contributed by atoms with van der Waals surface area (Å²) in [6, 6.07) is 8.33. The lowest BCUT2D eigenvalue weighted by molar-refractivity contribution is 0.0965. The average molecular weight is 162 g/mol. The lowest BCUT2D eigenvalue weighted by Gasteiger charge is -2.01. The Morgan fingerprint density at radius 1 is 1.42 bits per heavy atom. The van der Waals surface area contributed by atoms with Crippen molar-refractivity contribution in [1.82, 2.24) is 0 Å². The molecule has 12 heavy (non-hydrogen) atoms. The van der Waals surface area contributed by atoms with Gasteiger partial charge in [0.05, 0.1) is 0 Å². The normalized spacial score (nSPS) is 12.1. The molecule has 1 atom stereocenters. The molecule has 1 unspecified atom stereocenters. The molecule has 1 aromatic rings. The first-order valence-electron chi connectivity index (χ1n) is 3.71. The van der Waals surface area contributed by atoms with Gasteiger partial charge >= 0.3 is 0 Å². The maximum absolute atomic E-state index is 11.4. The van der Waals surface area contributed by atoms with Crippen LogP contribution in [-0.4, -0.2) is 11.8 Å². The molecule has 0 aromatic heterocycles. The summed E-state index contributed by atoms with van der Waals surface area (Å²) < 4.78 is 0. The number of hydrogen-bond donors (Lipinski definition) is 1. The molecule has 0 bridgehead atoms. The van der Waals surface area contributed by atoms with Crippen molar-refractivity contribution in [3.63, 3.8) is 0 Å². The zero-order valence-corrected chi connectivity index (χ0v) is 6.82. The summed E-state index contributed by atoms with van der Waals surface area (Å²) >= 11 is 0. The van der Waals surface area contributed by atoms with Crippen LogP contribution in [0.15, 0.2) is 35.4 Å². The van der Waals surface area contributed by atoms with Crippen molar-refractivity contribution in [2.75, 3.05) is 0 Å². The zero-order chi connectivity index (χ0) is 8.97. The third kappa shape index (κ3) is 1.75. The van der Waals surface area contributed by atoms with E-state index in [9.17, 15) is 4.79 Å². The topological polar surface area (TPSA) is 53.3 Å². The molecule has 3 nitrogen and oxygen atoms in total. The highest BCUT2D eigenvalue weighted by Gasteiger charge is 2.12. The van der Waals surface area contributed by atoms with Gasteiger partial charge in [0.25, 0.3) is 0 Å². The molecular weight excluding hydrogens is 152 g/mol. The van der Waals surface area contributed by atoms with Crippen LogP contribution in [0, 0.1) is 5.53 Å².